The molecule has 0 aliphatic carbocycles. The fourth-order valence-electron chi connectivity index (χ4n) is 1.84. The van der Waals surface area contributed by atoms with Crippen LogP contribution in [0.1, 0.15) is 16.7 Å². The number of benzene rings is 1. The minimum absolute atomic E-state index is 0.0534. The maximum atomic E-state index is 11.7. The zero-order chi connectivity index (χ0) is 14.0. The van der Waals surface area contributed by atoms with Crippen molar-refractivity contribution in [1.29, 1.82) is 0 Å². The first-order chi connectivity index (χ1) is 8.99. The Kier molecular flexibility index (Phi) is 3.41. The second-order valence-electron chi connectivity index (χ2n) is 4.35. The summed E-state index contributed by atoms with van der Waals surface area (Å²) in [4.78, 5) is 22.2. The molecule has 0 unspecified atom stereocenters. The zero-order valence-electron chi connectivity index (χ0n) is 10.7. The summed E-state index contributed by atoms with van der Waals surface area (Å²) in [6.45, 7) is 3.69. The van der Waals surface area contributed by atoms with Gasteiger partial charge in [-0.1, -0.05) is 12.1 Å². The van der Waals surface area contributed by atoms with Crippen molar-refractivity contribution in [3.8, 4) is 0 Å². The number of aromatic nitrogens is 2. The van der Waals surface area contributed by atoms with E-state index in [0.29, 0.717) is 11.1 Å². The lowest BCUT2D eigenvalue weighted by Crippen LogP contribution is -2.23. The summed E-state index contributed by atoms with van der Waals surface area (Å²) in [6.07, 6.45) is 1.59. The number of rotatable bonds is 3. The molecule has 0 fully saturated rings. The van der Waals surface area contributed by atoms with E-state index in [0.717, 1.165) is 5.56 Å². The van der Waals surface area contributed by atoms with Crippen LogP contribution in [0.2, 0.25) is 0 Å². The lowest BCUT2D eigenvalue weighted by molar-refractivity contribution is -0.385. The molecule has 1 heterocycles. The third-order valence-electron chi connectivity index (χ3n) is 2.94. The number of nitro groups is 1. The van der Waals surface area contributed by atoms with Crippen molar-refractivity contribution >= 4 is 5.69 Å². The van der Waals surface area contributed by atoms with Gasteiger partial charge in [-0.2, -0.15) is 5.10 Å². The molecule has 6 heteroatoms. The van der Waals surface area contributed by atoms with Crippen LogP contribution in [0.5, 0.6) is 0 Å². The lowest BCUT2D eigenvalue weighted by atomic mass is 10.1. The second-order valence-corrected chi connectivity index (χ2v) is 4.35. The van der Waals surface area contributed by atoms with Crippen LogP contribution in [0.25, 0.3) is 0 Å². The average Bonchev–Trinajstić information content (AvgIpc) is 2.34. The van der Waals surface area contributed by atoms with Gasteiger partial charge in [-0.05, 0) is 25.0 Å². The average molecular weight is 259 g/mol. The molecule has 2 rings (SSSR count). The molecule has 0 amide bonds. The first kappa shape index (κ1) is 12.9. The van der Waals surface area contributed by atoms with Crippen LogP contribution >= 0.6 is 0 Å². The van der Waals surface area contributed by atoms with Gasteiger partial charge in [-0.15, -0.1) is 0 Å². The monoisotopic (exact) mass is 259 g/mol. The molecule has 19 heavy (non-hydrogen) atoms. The number of nitrogens with zero attached hydrogens (tertiary/aromatic N) is 3. The SMILES string of the molecule is Cc1cnn(Cc2cccc([N+](=O)[O-])c2C)c(=O)c1. The molecule has 0 bridgehead atoms. The third kappa shape index (κ3) is 2.67. The summed E-state index contributed by atoms with van der Waals surface area (Å²) in [6, 6.07) is 6.31. The Bertz CT molecular complexity index is 692. The summed E-state index contributed by atoms with van der Waals surface area (Å²) >= 11 is 0. The Morgan fingerprint density at radius 1 is 1.37 bits per heavy atom. The summed E-state index contributed by atoms with van der Waals surface area (Å²) < 4.78 is 1.29. The summed E-state index contributed by atoms with van der Waals surface area (Å²) in [5, 5.41) is 14.9. The van der Waals surface area contributed by atoms with Crippen LogP contribution in [0, 0.1) is 24.0 Å². The fourth-order valence-corrected chi connectivity index (χ4v) is 1.84. The van der Waals surface area contributed by atoms with E-state index in [1.54, 1.807) is 32.2 Å². The van der Waals surface area contributed by atoms with Gasteiger partial charge in [-0.25, -0.2) is 4.68 Å². The van der Waals surface area contributed by atoms with E-state index >= 15 is 0 Å². The Balaban J connectivity index is 2.41. The van der Waals surface area contributed by atoms with E-state index in [1.807, 2.05) is 0 Å². The van der Waals surface area contributed by atoms with E-state index in [2.05, 4.69) is 5.10 Å². The van der Waals surface area contributed by atoms with E-state index in [-0.39, 0.29) is 17.8 Å². The van der Waals surface area contributed by atoms with Crippen LogP contribution in [-0.2, 0) is 6.54 Å². The van der Waals surface area contributed by atoms with Crippen molar-refractivity contribution in [2.24, 2.45) is 0 Å². The molecule has 0 saturated carbocycles. The zero-order valence-corrected chi connectivity index (χ0v) is 10.7. The topological polar surface area (TPSA) is 78.0 Å². The Labute approximate surface area is 109 Å². The summed E-state index contributed by atoms with van der Waals surface area (Å²) in [5.41, 5.74) is 1.90. The highest BCUT2D eigenvalue weighted by Crippen LogP contribution is 2.21. The highest BCUT2D eigenvalue weighted by atomic mass is 16.6. The molecule has 2 aromatic rings. The highest BCUT2D eigenvalue weighted by Gasteiger charge is 2.13. The Morgan fingerprint density at radius 2 is 2.11 bits per heavy atom. The van der Waals surface area contributed by atoms with Crippen LogP contribution in [0.4, 0.5) is 5.69 Å². The molecule has 0 aliphatic rings. The molecule has 0 aliphatic heterocycles. The van der Waals surface area contributed by atoms with Gasteiger partial charge in [0.15, 0.2) is 0 Å². The van der Waals surface area contributed by atoms with Gasteiger partial charge in [0.2, 0.25) is 0 Å². The van der Waals surface area contributed by atoms with Gasteiger partial charge in [0, 0.05) is 17.7 Å². The first-order valence-electron chi connectivity index (χ1n) is 5.75. The van der Waals surface area contributed by atoms with E-state index < -0.39 is 4.92 Å². The van der Waals surface area contributed by atoms with Crippen LogP contribution in [0.15, 0.2) is 35.3 Å². The largest absolute Gasteiger partial charge is 0.272 e. The number of hydrogen-bond donors (Lipinski definition) is 0. The highest BCUT2D eigenvalue weighted by molar-refractivity contribution is 5.44. The summed E-state index contributed by atoms with van der Waals surface area (Å²) in [7, 11) is 0. The molecule has 98 valence electrons. The fraction of sp³-hybridized carbons (Fsp3) is 0.231. The Hall–Kier alpha value is -2.50. The van der Waals surface area contributed by atoms with Crippen molar-refractivity contribution in [2.75, 3.05) is 0 Å². The van der Waals surface area contributed by atoms with Crippen LogP contribution < -0.4 is 5.56 Å². The maximum absolute atomic E-state index is 11.7. The predicted octanol–water partition coefficient (Wildman–Crippen LogP) is 1.82. The number of aryl methyl sites for hydroxylation is 1. The van der Waals surface area contributed by atoms with Crippen molar-refractivity contribution in [3.05, 3.63) is 67.6 Å². The molecule has 0 radical (unpaired) electrons. The third-order valence-corrected chi connectivity index (χ3v) is 2.94. The van der Waals surface area contributed by atoms with Gasteiger partial charge < -0.3 is 0 Å². The molecule has 0 saturated heterocycles. The molecule has 0 atom stereocenters. The van der Waals surface area contributed by atoms with E-state index in [1.165, 1.54) is 16.8 Å². The quantitative estimate of drug-likeness (QED) is 0.622. The predicted molar refractivity (Wildman–Crippen MR) is 70.2 cm³/mol. The molecule has 0 N–H and O–H groups in total. The van der Waals surface area contributed by atoms with Crippen molar-refractivity contribution in [3.63, 3.8) is 0 Å². The van der Waals surface area contributed by atoms with Crippen LogP contribution in [-0.4, -0.2) is 14.7 Å². The van der Waals surface area contributed by atoms with Crippen molar-refractivity contribution in [1.82, 2.24) is 9.78 Å². The van der Waals surface area contributed by atoms with Gasteiger partial charge in [0.25, 0.3) is 11.2 Å². The maximum Gasteiger partial charge on any atom is 0.272 e. The van der Waals surface area contributed by atoms with E-state index in [4.69, 9.17) is 0 Å². The molecular weight excluding hydrogens is 246 g/mol. The Morgan fingerprint density at radius 3 is 2.74 bits per heavy atom. The summed E-state index contributed by atoms with van der Waals surface area (Å²) in [5.74, 6) is 0. The number of nitro benzene ring substituents is 1. The minimum atomic E-state index is -0.426. The van der Waals surface area contributed by atoms with Gasteiger partial charge in [-0.3, -0.25) is 14.9 Å². The van der Waals surface area contributed by atoms with Gasteiger partial charge in [0.1, 0.15) is 0 Å². The minimum Gasteiger partial charge on any atom is -0.268 e. The van der Waals surface area contributed by atoms with Gasteiger partial charge in [0.05, 0.1) is 17.7 Å². The second kappa shape index (κ2) is 5.01. The van der Waals surface area contributed by atoms with Crippen molar-refractivity contribution in [2.45, 2.75) is 20.4 Å². The first-order valence-corrected chi connectivity index (χ1v) is 5.75. The van der Waals surface area contributed by atoms with Crippen molar-refractivity contribution < 1.29 is 4.92 Å². The van der Waals surface area contributed by atoms with Gasteiger partial charge >= 0.3 is 0 Å². The molecule has 6 nitrogen and oxygen atoms in total. The molecule has 1 aromatic heterocycles. The molecule has 1 aromatic carbocycles. The standard InChI is InChI=1S/C13H13N3O3/c1-9-6-13(17)15(14-7-9)8-11-4-3-5-12(10(11)2)16(18)19/h3-7H,8H2,1-2H3. The molecule has 0 spiro atoms. The lowest BCUT2D eigenvalue weighted by Gasteiger charge is -2.08. The normalized spacial score (nSPS) is 10.4. The van der Waals surface area contributed by atoms with E-state index in [9.17, 15) is 14.9 Å². The number of hydrogen-bond acceptors (Lipinski definition) is 4. The smallest absolute Gasteiger partial charge is 0.268 e. The molecular formula is C13H13N3O3. The van der Waals surface area contributed by atoms with Crippen LogP contribution in [0.3, 0.4) is 0 Å².